The molecule has 1 fully saturated rings. The topological polar surface area (TPSA) is 50.8 Å². The minimum Gasteiger partial charge on any atom is -0.493 e. The Kier molecular flexibility index (Phi) is 5.12. The van der Waals surface area contributed by atoms with Gasteiger partial charge in [0.25, 0.3) is 0 Å². The molecule has 0 bridgehead atoms. The number of benzene rings is 2. The standard InChI is InChI=1S/C20H24N2O3/c1-14-5-4-6-15(11-14)13-22(17-8-9-17)20(23)21-16-7-10-18(24-2)19(12-16)25-3/h4-7,10-12,17H,8-9,13H2,1-3H3,(H,21,23). The molecule has 3 rings (SSSR count). The van der Waals surface area contributed by atoms with Gasteiger partial charge in [0.2, 0.25) is 0 Å². The van der Waals surface area contributed by atoms with Crippen LogP contribution in [0, 0.1) is 6.92 Å². The highest BCUT2D eigenvalue weighted by atomic mass is 16.5. The lowest BCUT2D eigenvalue weighted by molar-refractivity contribution is 0.206. The average molecular weight is 340 g/mol. The number of carbonyl (C=O) groups is 1. The van der Waals surface area contributed by atoms with Crippen LogP contribution < -0.4 is 14.8 Å². The van der Waals surface area contributed by atoms with Crippen molar-refractivity contribution < 1.29 is 14.3 Å². The van der Waals surface area contributed by atoms with E-state index in [1.807, 2.05) is 17.0 Å². The van der Waals surface area contributed by atoms with Crippen LogP contribution in [0.5, 0.6) is 11.5 Å². The third kappa shape index (κ3) is 4.24. The van der Waals surface area contributed by atoms with Crippen molar-refractivity contribution in [1.29, 1.82) is 0 Å². The summed E-state index contributed by atoms with van der Waals surface area (Å²) >= 11 is 0. The number of amides is 2. The third-order valence-electron chi connectivity index (χ3n) is 4.32. The molecule has 5 heteroatoms. The highest BCUT2D eigenvalue weighted by Gasteiger charge is 2.32. The van der Waals surface area contributed by atoms with Crippen LogP contribution in [-0.4, -0.2) is 31.2 Å². The van der Waals surface area contributed by atoms with Crippen LogP contribution in [0.4, 0.5) is 10.5 Å². The molecule has 2 amide bonds. The van der Waals surface area contributed by atoms with Crippen molar-refractivity contribution in [1.82, 2.24) is 4.90 Å². The first-order chi connectivity index (χ1) is 12.1. The van der Waals surface area contributed by atoms with Gasteiger partial charge in [-0.25, -0.2) is 4.79 Å². The molecule has 0 spiro atoms. The van der Waals surface area contributed by atoms with Gasteiger partial charge in [0, 0.05) is 24.3 Å². The van der Waals surface area contributed by atoms with E-state index in [4.69, 9.17) is 9.47 Å². The summed E-state index contributed by atoms with van der Waals surface area (Å²) in [6.07, 6.45) is 2.12. The van der Waals surface area contributed by atoms with Crippen molar-refractivity contribution in [2.24, 2.45) is 0 Å². The van der Waals surface area contributed by atoms with Gasteiger partial charge in [0.05, 0.1) is 14.2 Å². The van der Waals surface area contributed by atoms with Gasteiger partial charge in [-0.3, -0.25) is 0 Å². The van der Waals surface area contributed by atoms with Gasteiger partial charge in [-0.1, -0.05) is 29.8 Å². The minimum atomic E-state index is -0.0868. The average Bonchev–Trinajstić information content (AvgIpc) is 3.44. The molecule has 0 unspecified atom stereocenters. The molecular formula is C20H24N2O3. The molecule has 1 aliphatic rings. The fourth-order valence-electron chi connectivity index (χ4n) is 2.87. The van der Waals surface area contributed by atoms with Crippen LogP contribution in [-0.2, 0) is 6.54 Å². The van der Waals surface area contributed by atoms with E-state index >= 15 is 0 Å². The van der Waals surface area contributed by atoms with Crippen molar-refractivity contribution in [2.45, 2.75) is 32.4 Å². The number of urea groups is 1. The summed E-state index contributed by atoms with van der Waals surface area (Å²) in [5, 5.41) is 2.98. The molecule has 1 N–H and O–H groups in total. The number of aryl methyl sites for hydroxylation is 1. The Hall–Kier alpha value is -2.69. The van der Waals surface area contributed by atoms with Crippen LogP contribution in [0.3, 0.4) is 0 Å². The highest BCUT2D eigenvalue weighted by molar-refractivity contribution is 5.90. The second kappa shape index (κ2) is 7.47. The van der Waals surface area contributed by atoms with Gasteiger partial charge in [-0.15, -0.1) is 0 Å². The zero-order valence-electron chi connectivity index (χ0n) is 14.9. The van der Waals surface area contributed by atoms with E-state index in [0.29, 0.717) is 29.8 Å². The van der Waals surface area contributed by atoms with Crippen LogP contribution in [0.2, 0.25) is 0 Å². The van der Waals surface area contributed by atoms with Gasteiger partial charge >= 0.3 is 6.03 Å². The third-order valence-corrected chi connectivity index (χ3v) is 4.32. The van der Waals surface area contributed by atoms with Crippen molar-refractivity contribution in [3.05, 3.63) is 53.6 Å². The summed E-state index contributed by atoms with van der Waals surface area (Å²) in [5.74, 6) is 1.23. The van der Waals surface area contributed by atoms with E-state index in [2.05, 4.69) is 30.4 Å². The number of anilines is 1. The number of hydrogen-bond donors (Lipinski definition) is 1. The lowest BCUT2D eigenvalue weighted by Gasteiger charge is -2.23. The number of nitrogens with zero attached hydrogens (tertiary/aromatic N) is 1. The highest BCUT2D eigenvalue weighted by Crippen LogP contribution is 2.32. The fourth-order valence-corrected chi connectivity index (χ4v) is 2.87. The minimum absolute atomic E-state index is 0.0868. The predicted molar refractivity (Wildman–Crippen MR) is 98.3 cm³/mol. The van der Waals surface area contributed by atoms with Crippen molar-refractivity contribution >= 4 is 11.7 Å². The summed E-state index contributed by atoms with van der Waals surface area (Å²) < 4.78 is 10.5. The van der Waals surface area contributed by atoms with E-state index in [0.717, 1.165) is 18.4 Å². The zero-order chi connectivity index (χ0) is 17.8. The number of rotatable bonds is 6. The number of ether oxygens (including phenoxy) is 2. The Bertz CT molecular complexity index is 756. The van der Waals surface area contributed by atoms with Crippen molar-refractivity contribution in [3.63, 3.8) is 0 Å². The summed E-state index contributed by atoms with van der Waals surface area (Å²) in [7, 11) is 3.17. The molecule has 5 nitrogen and oxygen atoms in total. The first-order valence-corrected chi connectivity index (χ1v) is 8.46. The van der Waals surface area contributed by atoms with E-state index in [-0.39, 0.29) is 6.03 Å². The van der Waals surface area contributed by atoms with Crippen molar-refractivity contribution in [3.8, 4) is 11.5 Å². The maximum Gasteiger partial charge on any atom is 0.322 e. The first kappa shape index (κ1) is 17.1. The molecule has 0 heterocycles. The molecule has 0 atom stereocenters. The first-order valence-electron chi connectivity index (χ1n) is 8.46. The van der Waals surface area contributed by atoms with E-state index in [9.17, 15) is 4.79 Å². The van der Waals surface area contributed by atoms with Crippen LogP contribution >= 0.6 is 0 Å². The Balaban J connectivity index is 1.73. The van der Waals surface area contributed by atoms with Crippen LogP contribution in [0.25, 0.3) is 0 Å². The van der Waals surface area contributed by atoms with Gasteiger partial charge < -0.3 is 19.7 Å². The van der Waals surface area contributed by atoms with E-state index < -0.39 is 0 Å². The number of methoxy groups -OCH3 is 2. The normalized spacial score (nSPS) is 13.2. The molecule has 2 aromatic rings. The SMILES string of the molecule is COc1ccc(NC(=O)N(Cc2cccc(C)c2)C2CC2)cc1OC. The lowest BCUT2D eigenvalue weighted by atomic mass is 10.1. The number of nitrogens with one attached hydrogen (secondary N) is 1. The van der Waals surface area contributed by atoms with Gasteiger partial charge in [0.15, 0.2) is 11.5 Å². The van der Waals surface area contributed by atoms with Gasteiger partial charge in [0.1, 0.15) is 0 Å². The lowest BCUT2D eigenvalue weighted by Crippen LogP contribution is -2.36. The van der Waals surface area contributed by atoms with Crippen LogP contribution in [0.15, 0.2) is 42.5 Å². The van der Waals surface area contributed by atoms with Crippen LogP contribution in [0.1, 0.15) is 24.0 Å². The Labute approximate surface area is 148 Å². The van der Waals surface area contributed by atoms with E-state index in [1.54, 1.807) is 26.4 Å². The van der Waals surface area contributed by atoms with Gasteiger partial charge in [-0.2, -0.15) is 0 Å². The zero-order valence-corrected chi connectivity index (χ0v) is 14.9. The maximum atomic E-state index is 12.8. The molecule has 25 heavy (non-hydrogen) atoms. The van der Waals surface area contributed by atoms with Gasteiger partial charge in [-0.05, 0) is 37.5 Å². The monoisotopic (exact) mass is 340 g/mol. The molecule has 1 aliphatic carbocycles. The molecule has 1 saturated carbocycles. The maximum absolute atomic E-state index is 12.8. The summed E-state index contributed by atoms with van der Waals surface area (Å²) in [4.78, 5) is 14.7. The quantitative estimate of drug-likeness (QED) is 0.857. The molecule has 0 saturated heterocycles. The largest absolute Gasteiger partial charge is 0.493 e. The number of carbonyl (C=O) groups excluding carboxylic acids is 1. The smallest absolute Gasteiger partial charge is 0.322 e. The Morgan fingerprint density at radius 3 is 2.52 bits per heavy atom. The second-order valence-corrected chi connectivity index (χ2v) is 6.35. The molecule has 0 aliphatic heterocycles. The predicted octanol–water partition coefficient (Wildman–Crippen LogP) is 4.21. The molecule has 0 aromatic heterocycles. The number of hydrogen-bond acceptors (Lipinski definition) is 3. The Morgan fingerprint density at radius 1 is 1.12 bits per heavy atom. The van der Waals surface area contributed by atoms with E-state index in [1.165, 1.54) is 5.56 Å². The summed E-state index contributed by atoms with van der Waals surface area (Å²) in [5.41, 5.74) is 3.04. The molecular weight excluding hydrogens is 316 g/mol. The molecule has 2 aromatic carbocycles. The second-order valence-electron chi connectivity index (χ2n) is 6.35. The molecule has 132 valence electrons. The fraction of sp³-hybridized carbons (Fsp3) is 0.350. The van der Waals surface area contributed by atoms with Crippen molar-refractivity contribution in [2.75, 3.05) is 19.5 Å². The Morgan fingerprint density at radius 2 is 1.88 bits per heavy atom. The summed E-state index contributed by atoms with van der Waals surface area (Å²) in [6.45, 7) is 2.68. The summed E-state index contributed by atoms with van der Waals surface area (Å²) in [6, 6.07) is 13.9. The molecule has 0 radical (unpaired) electrons.